The molecule has 0 aliphatic carbocycles. The number of aldehydes is 1. The van der Waals surface area contributed by atoms with E-state index in [9.17, 15) is 14.4 Å². The van der Waals surface area contributed by atoms with Crippen LogP contribution >= 0.6 is 0 Å². The van der Waals surface area contributed by atoms with Crippen LogP contribution in [0.15, 0.2) is 60.7 Å². The normalized spacial score (nSPS) is 18.8. The van der Waals surface area contributed by atoms with Gasteiger partial charge in [-0.2, -0.15) is 0 Å². The van der Waals surface area contributed by atoms with Gasteiger partial charge in [0, 0.05) is 11.6 Å². The first-order chi connectivity index (χ1) is 12.4. The van der Waals surface area contributed by atoms with Gasteiger partial charge in [-0.15, -0.1) is 0 Å². The van der Waals surface area contributed by atoms with Gasteiger partial charge in [-0.25, -0.2) is 9.69 Å². The maximum atomic E-state index is 12.7. The molecule has 1 aliphatic rings. The van der Waals surface area contributed by atoms with Crippen molar-refractivity contribution in [2.24, 2.45) is 0 Å². The van der Waals surface area contributed by atoms with Crippen LogP contribution in [0, 0.1) is 0 Å². The molecular formula is C21H19NO4. The highest BCUT2D eigenvalue weighted by atomic mass is 16.6. The van der Waals surface area contributed by atoms with Crippen LogP contribution < -0.4 is 0 Å². The summed E-state index contributed by atoms with van der Waals surface area (Å²) in [6.45, 7) is 3.57. The first kappa shape index (κ1) is 17.6. The second kappa shape index (κ2) is 6.96. The Morgan fingerprint density at radius 3 is 2.46 bits per heavy atom. The lowest BCUT2D eigenvalue weighted by atomic mass is 9.91. The van der Waals surface area contributed by atoms with Gasteiger partial charge in [0.15, 0.2) is 0 Å². The van der Waals surface area contributed by atoms with Crippen LogP contribution in [0.25, 0.3) is 6.08 Å². The third-order valence-electron chi connectivity index (χ3n) is 4.28. The molecule has 132 valence electrons. The maximum Gasteiger partial charge on any atom is 0.418 e. The van der Waals surface area contributed by atoms with Crippen LogP contribution in [0.5, 0.6) is 0 Å². The summed E-state index contributed by atoms with van der Waals surface area (Å²) in [4.78, 5) is 37.0. The number of benzene rings is 2. The van der Waals surface area contributed by atoms with Crippen molar-refractivity contribution >= 4 is 24.4 Å². The van der Waals surface area contributed by atoms with Crippen molar-refractivity contribution in [3.05, 3.63) is 77.4 Å². The summed E-state index contributed by atoms with van der Waals surface area (Å²) >= 11 is 0. The largest absolute Gasteiger partial charge is 0.440 e. The van der Waals surface area contributed by atoms with E-state index in [4.69, 9.17) is 4.74 Å². The van der Waals surface area contributed by atoms with Crippen molar-refractivity contribution in [3.8, 4) is 0 Å². The summed E-state index contributed by atoms with van der Waals surface area (Å²) in [5.74, 6) is -0.467. The quantitative estimate of drug-likeness (QED) is 0.618. The van der Waals surface area contributed by atoms with Gasteiger partial charge < -0.3 is 4.74 Å². The Hall–Kier alpha value is -3.21. The summed E-state index contributed by atoms with van der Waals surface area (Å²) in [5.41, 5.74) is 1.21. The van der Waals surface area contributed by atoms with Crippen molar-refractivity contribution < 1.29 is 19.1 Å². The van der Waals surface area contributed by atoms with Gasteiger partial charge in [0.2, 0.25) is 0 Å². The number of amides is 2. The first-order valence-electron chi connectivity index (χ1n) is 8.27. The molecule has 1 atom stereocenters. The van der Waals surface area contributed by atoms with Crippen molar-refractivity contribution in [3.63, 3.8) is 0 Å². The van der Waals surface area contributed by atoms with Crippen LogP contribution in [0.4, 0.5) is 4.79 Å². The molecule has 1 aliphatic heterocycles. The molecule has 2 amide bonds. The SMILES string of the molecule is CC1(C)OC(=O)N(C(=O)/C=C/c2cccc(C=O)c2)[C@@H]1c1ccccc1. The van der Waals surface area contributed by atoms with Crippen LogP contribution in [0.2, 0.25) is 0 Å². The third kappa shape index (κ3) is 3.42. The van der Waals surface area contributed by atoms with Gasteiger partial charge in [-0.05, 0) is 37.1 Å². The minimum atomic E-state index is -0.834. The second-order valence-corrected chi connectivity index (χ2v) is 6.61. The molecule has 0 N–H and O–H groups in total. The summed E-state index contributed by atoms with van der Waals surface area (Å²) < 4.78 is 5.42. The maximum absolute atomic E-state index is 12.7. The van der Waals surface area contributed by atoms with Crippen molar-refractivity contribution in [1.29, 1.82) is 0 Å². The molecule has 0 aromatic heterocycles. The first-order valence-corrected chi connectivity index (χ1v) is 8.27. The fourth-order valence-electron chi connectivity index (χ4n) is 3.13. The Labute approximate surface area is 151 Å². The molecule has 1 heterocycles. The van der Waals surface area contributed by atoms with Crippen LogP contribution in [0.3, 0.4) is 0 Å². The molecule has 5 heteroatoms. The van der Waals surface area contributed by atoms with Gasteiger partial charge in [0.1, 0.15) is 17.9 Å². The number of hydrogen-bond acceptors (Lipinski definition) is 4. The van der Waals surface area contributed by atoms with Crippen LogP contribution in [0.1, 0.15) is 41.4 Å². The molecule has 2 aromatic rings. The van der Waals surface area contributed by atoms with E-state index >= 15 is 0 Å². The van der Waals surface area contributed by atoms with E-state index in [-0.39, 0.29) is 0 Å². The topological polar surface area (TPSA) is 63.7 Å². The van der Waals surface area contributed by atoms with Gasteiger partial charge in [0.25, 0.3) is 5.91 Å². The fourth-order valence-corrected chi connectivity index (χ4v) is 3.13. The molecule has 3 rings (SSSR count). The van der Waals surface area contributed by atoms with E-state index in [1.807, 2.05) is 30.3 Å². The summed E-state index contributed by atoms with van der Waals surface area (Å²) in [7, 11) is 0. The average Bonchev–Trinajstić information content (AvgIpc) is 2.89. The Morgan fingerprint density at radius 2 is 1.77 bits per heavy atom. The van der Waals surface area contributed by atoms with E-state index in [1.54, 1.807) is 44.2 Å². The zero-order valence-corrected chi connectivity index (χ0v) is 14.6. The van der Waals surface area contributed by atoms with Gasteiger partial charge >= 0.3 is 6.09 Å². The number of imide groups is 1. The summed E-state index contributed by atoms with van der Waals surface area (Å²) in [5, 5.41) is 0. The minimum Gasteiger partial charge on any atom is -0.440 e. The van der Waals surface area contributed by atoms with Crippen molar-refractivity contribution in [2.45, 2.75) is 25.5 Å². The van der Waals surface area contributed by atoms with Gasteiger partial charge in [-0.3, -0.25) is 9.59 Å². The highest BCUT2D eigenvalue weighted by molar-refractivity contribution is 6.02. The number of cyclic esters (lactones) is 1. The van der Waals surface area contributed by atoms with E-state index < -0.39 is 23.6 Å². The zero-order valence-electron chi connectivity index (χ0n) is 14.6. The third-order valence-corrected chi connectivity index (χ3v) is 4.28. The lowest BCUT2D eigenvalue weighted by Gasteiger charge is -2.27. The summed E-state index contributed by atoms with van der Waals surface area (Å²) in [6.07, 6.45) is 2.98. The van der Waals surface area contributed by atoms with E-state index in [0.717, 1.165) is 16.7 Å². The summed E-state index contributed by atoms with van der Waals surface area (Å²) in [6, 6.07) is 15.7. The van der Waals surface area contributed by atoms with E-state index in [0.29, 0.717) is 11.1 Å². The molecule has 0 bridgehead atoms. The predicted molar refractivity (Wildman–Crippen MR) is 97.5 cm³/mol. The average molecular weight is 349 g/mol. The second-order valence-electron chi connectivity index (χ2n) is 6.61. The highest BCUT2D eigenvalue weighted by Crippen LogP contribution is 2.41. The lowest BCUT2D eigenvalue weighted by Crippen LogP contribution is -2.37. The predicted octanol–water partition coefficient (Wildman–Crippen LogP) is 4.01. The monoisotopic (exact) mass is 349 g/mol. The standard InChI is InChI=1S/C21H19NO4/c1-21(2)19(17-9-4-3-5-10-17)22(20(25)26-21)18(24)12-11-15-7-6-8-16(13-15)14-23/h3-14,19H,1-2H3/b12-11+/t19-/m1/s1. The van der Waals surface area contributed by atoms with E-state index in [1.165, 1.54) is 6.08 Å². The fraction of sp³-hybridized carbons (Fsp3) is 0.190. The van der Waals surface area contributed by atoms with Gasteiger partial charge in [0.05, 0.1) is 0 Å². The minimum absolute atomic E-state index is 0.467. The van der Waals surface area contributed by atoms with Crippen molar-refractivity contribution in [1.82, 2.24) is 4.90 Å². The van der Waals surface area contributed by atoms with Crippen LogP contribution in [-0.2, 0) is 9.53 Å². The number of hydrogen-bond donors (Lipinski definition) is 0. The molecule has 1 saturated heterocycles. The van der Waals surface area contributed by atoms with Gasteiger partial charge in [-0.1, -0.05) is 48.5 Å². The van der Waals surface area contributed by atoms with E-state index in [2.05, 4.69) is 0 Å². The highest BCUT2D eigenvalue weighted by Gasteiger charge is 2.50. The molecule has 2 aromatic carbocycles. The number of rotatable bonds is 4. The number of carbonyl (C=O) groups is 3. The Balaban J connectivity index is 1.90. The number of ether oxygens (including phenoxy) is 1. The van der Waals surface area contributed by atoms with Crippen LogP contribution in [-0.4, -0.2) is 28.8 Å². The smallest absolute Gasteiger partial charge is 0.418 e. The molecule has 0 saturated carbocycles. The Morgan fingerprint density at radius 1 is 1.08 bits per heavy atom. The molecule has 5 nitrogen and oxygen atoms in total. The zero-order chi connectivity index (χ0) is 18.7. The molecule has 0 unspecified atom stereocenters. The molecule has 0 spiro atoms. The number of nitrogens with zero attached hydrogens (tertiary/aromatic N) is 1. The molecule has 1 fully saturated rings. The Kier molecular flexibility index (Phi) is 4.71. The number of carbonyl (C=O) groups excluding carboxylic acids is 3. The molecule has 0 radical (unpaired) electrons. The van der Waals surface area contributed by atoms with Crippen molar-refractivity contribution in [2.75, 3.05) is 0 Å². The lowest BCUT2D eigenvalue weighted by molar-refractivity contribution is -0.124. The molecule has 26 heavy (non-hydrogen) atoms. The molecular weight excluding hydrogens is 330 g/mol. The Bertz CT molecular complexity index is 871.